The van der Waals surface area contributed by atoms with Gasteiger partial charge in [0.2, 0.25) is 0 Å². The average Bonchev–Trinajstić information content (AvgIpc) is 2.72. The minimum absolute atomic E-state index is 0.137. The van der Waals surface area contributed by atoms with Gasteiger partial charge in [0.05, 0.1) is 5.03 Å². The molecular weight excluding hydrogens is 368 g/mol. The number of carbonyl (C=O) groups excluding carboxylic acids is 1. The maximum Gasteiger partial charge on any atom is 0.319 e. The summed E-state index contributed by atoms with van der Waals surface area (Å²) < 4.78 is 0. The molecule has 0 unspecified atom stereocenters. The summed E-state index contributed by atoms with van der Waals surface area (Å²) in [6.07, 6.45) is 5.38. The largest absolute Gasteiger partial charge is 0.338 e. The number of carbonyl (C=O) groups is 1. The van der Waals surface area contributed by atoms with E-state index in [-0.39, 0.29) is 6.03 Å². The SMILES string of the molecule is CC1CCN(CCCNC(=O)Nc2cccc(CSc3ccccn3)c2)CC1. The zero-order valence-corrected chi connectivity index (χ0v) is 17.4. The third kappa shape index (κ3) is 7.17. The number of benzene rings is 1. The number of piperidine rings is 1. The molecule has 5 nitrogen and oxygen atoms in total. The van der Waals surface area contributed by atoms with Gasteiger partial charge in [-0.25, -0.2) is 9.78 Å². The first-order valence-corrected chi connectivity index (χ1v) is 11.1. The van der Waals surface area contributed by atoms with Crippen LogP contribution in [0.4, 0.5) is 10.5 Å². The molecular formula is C22H30N4OS. The number of hydrogen-bond donors (Lipinski definition) is 2. The highest BCUT2D eigenvalue weighted by atomic mass is 32.2. The van der Waals surface area contributed by atoms with Gasteiger partial charge in [-0.15, -0.1) is 11.8 Å². The molecule has 0 radical (unpaired) electrons. The van der Waals surface area contributed by atoms with E-state index in [4.69, 9.17) is 0 Å². The van der Waals surface area contributed by atoms with Gasteiger partial charge in [-0.2, -0.15) is 0 Å². The third-order valence-corrected chi connectivity index (χ3v) is 6.04. The minimum atomic E-state index is -0.137. The molecule has 1 aliphatic rings. The van der Waals surface area contributed by atoms with Crippen LogP contribution in [0.5, 0.6) is 0 Å². The molecule has 3 rings (SSSR count). The predicted molar refractivity (Wildman–Crippen MR) is 117 cm³/mol. The van der Waals surface area contributed by atoms with Gasteiger partial charge in [0.1, 0.15) is 0 Å². The Morgan fingerprint density at radius 3 is 2.86 bits per heavy atom. The summed E-state index contributed by atoms with van der Waals surface area (Å²) in [5.41, 5.74) is 1.98. The van der Waals surface area contributed by atoms with E-state index in [0.717, 1.165) is 40.9 Å². The highest BCUT2D eigenvalue weighted by molar-refractivity contribution is 7.98. The lowest BCUT2D eigenvalue weighted by atomic mass is 9.99. The molecule has 0 atom stereocenters. The summed E-state index contributed by atoms with van der Waals surface area (Å²) in [6.45, 7) is 6.48. The molecule has 28 heavy (non-hydrogen) atoms. The Kier molecular flexibility index (Phi) is 8.18. The molecule has 1 aliphatic heterocycles. The van der Waals surface area contributed by atoms with Crippen molar-refractivity contribution in [2.75, 3.05) is 31.5 Å². The molecule has 2 N–H and O–H groups in total. The van der Waals surface area contributed by atoms with Gasteiger partial charge >= 0.3 is 6.03 Å². The number of urea groups is 1. The molecule has 2 heterocycles. The van der Waals surface area contributed by atoms with Gasteiger partial charge in [-0.3, -0.25) is 0 Å². The third-order valence-electron chi connectivity index (χ3n) is 5.02. The number of pyridine rings is 1. The summed E-state index contributed by atoms with van der Waals surface area (Å²) in [5.74, 6) is 1.68. The van der Waals surface area contributed by atoms with Crippen molar-refractivity contribution in [1.82, 2.24) is 15.2 Å². The van der Waals surface area contributed by atoms with Gasteiger partial charge in [0.15, 0.2) is 0 Å². The van der Waals surface area contributed by atoms with Crippen molar-refractivity contribution in [1.29, 1.82) is 0 Å². The summed E-state index contributed by atoms with van der Waals surface area (Å²) in [7, 11) is 0. The number of amides is 2. The average molecular weight is 399 g/mol. The molecule has 0 spiro atoms. The summed E-state index contributed by atoms with van der Waals surface area (Å²) >= 11 is 1.69. The number of thioether (sulfide) groups is 1. The van der Waals surface area contributed by atoms with Crippen molar-refractivity contribution in [2.24, 2.45) is 5.92 Å². The Morgan fingerprint density at radius 1 is 1.21 bits per heavy atom. The number of nitrogens with zero attached hydrogens (tertiary/aromatic N) is 2. The molecule has 1 saturated heterocycles. The minimum Gasteiger partial charge on any atom is -0.338 e. The van der Waals surface area contributed by atoms with Crippen LogP contribution in [-0.2, 0) is 5.75 Å². The topological polar surface area (TPSA) is 57.3 Å². The monoisotopic (exact) mass is 398 g/mol. The summed E-state index contributed by atoms with van der Waals surface area (Å²) in [5, 5.41) is 6.90. The highest BCUT2D eigenvalue weighted by Gasteiger charge is 2.14. The molecule has 1 aromatic carbocycles. The summed E-state index contributed by atoms with van der Waals surface area (Å²) in [4.78, 5) is 19.0. The first kappa shape index (κ1) is 20.7. The molecule has 6 heteroatoms. The van der Waals surface area contributed by atoms with Crippen molar-refractivity contribution in [3.8, 4) is 0 Å². The summed E-state index contributed by atoms with van der Waals surface area (Å²) in [6, 6.07) is 13.8. The first-order valence-electron chi connectivity index (χ1n) is 10.1. The normalized spacial score (nSPS) is 15.3. The van der Waals surface area contributed by atoms with Gasteiger partial charge in [0, 0.05) is 24.2 Å². The predicted octanol–water partition coefficient (Wildman–Crippen LogP) is 4.62. The molecule has 0 bridgehead atoms. The van der Waals surface area contributed by atoms with E-state index in [1.807, 2.05) is 36.4 Å². The van der Waals surface area contributed by atoms with Crippen molar-refractivity contribution in [3.05, 3.63) is 54.2 Å². The van der Waals surface area contributed by atoms with Crippen LogP contribution in [0.2, 0.25) is 0 Å². The van der Waals surface area contributed by atoms with Crippen LogP contribution in [0, 0.1) is 5.92 Å². The second-order valence-corrected chi connectivity index (χ2v) is 8.41. The fourth-order valence-electron chi connectivity index (χ4n) is 3.29. The lowest BCUT2D eigenvalue weighted by molar-refractivity contribution is 0.190. The van der Waals surface area contributed by atoms with E-state index in [1.165, 1.54) is 25.9 Å². The maximum atomic E-state index is 12.1. The molecule has 1 aromatic heterocycles. The van der Waals surface area contributed by atoms with E-state index in [1.54, 1.807) is 18.0 Å². The van der Waals surface area contributed by atoms with Crippen LogP contribution < -0.4 is 10.6 Å². The number of hydrogen-bond acceptors (Lipinski definition) is 4. The first-order chi connectivity index (χ1) is 13.7. The van der Waals surface area contributed by atoms with E-state index in [0.29, 0.717) is 6.54 Å². The number of anilines is 1. The number of nitrogens with one attached hydrogen (secondary N) is 2. The van der Waals surface area contributed by atoms with E-state index >= 15 is 0 Å². The number of likely N-dealkylation sites (tertiary alicyclic amines) is 1. The van der Waals surface area contributed by atoms with Crippen molar-refractivity contribution < 1.29 is 4.79 Å². The Hall–Kier alpha value is -2.05. The van der Waals surface area contributed by atoms with Gasteiger partial charge < -0.3 is 15.5 Å². The lowest BCUT2D eigenvalue weighted by Gasteiger charge is -2.30. The van der Waals surface area contributed by atoms with Crippen LogP contribution in [0.25, 0.3) is 0 Å². The molecule has 1 fully saturated rings. The second-order valence-electron chi connectivity index (χ2n) is 7.42. The molecule has 0 aliphatic carbocycles. The Balaban J connectivity index is 1.35. The van der Waals surface area contributed by atoms with Crippen LogP contribution >= 0.6 is 11.8 Å². The van der Waals surface area contributed by atoms with Crippen LogP contribution in [0.1, 0.15) is 31.7 Å². The Morgan fingerprint density at radius 2 is 2.07 bits per heavy atom. The van der Waals surface area contributed by atoms with Crippen molar-refractivity contribution in [2.45, 2.75) is 37.0 Å². The lowest BCUT2D eigenvalue weighted by Crippen LogP contribution is -2.36. The zero-order chi connectivity index (χ0) is 19.6. The standard InChI is InChI=1S/C22H30N4OS/c1-18-9-14-26(15-10-18)13-5-12-24-22(27)25-20-7-4-6-19(16-20)17-28-21-8-2-3-11-23-21/h2-4,6-8,11,16,18H,5,9-10,12-15,17H2,1H3,(H2,24,25,27). The van der Waals surface area contributed by atoms with Gasteiger partial charge in [0.25, 0.3) is 0 Å². The van der Waals surface area contributed by atoms with Crippen molar-refractivity contribution in [3.63, 3.8) is 0 Å². The molecule has 2 amide bonds. The second kappa shape index (κ2) is 11.1. The van der Waals surface area contributed by atoms with Gasteiger partial charge in [-0.1, -0.05) is 25.1 Å². The van der Waals surface area contributed by atoms with E-state index in [9.17, 15) is 4.79 Å². The zero-order valence-electron chi connectivity index (χ0n) is 16.6. The van der Waals surface area contributed by atoms with Crippen LogP contribution in [-0.4, -0.2) is 42.1 Å². The smallest absolute Gasteiger partial charge is 0.319 e. The molecule has 2 aromatic rings. The van der Waals surface area contributed by atoms with Crippen LogP contribution in [0.15, 0.2) is 53.7 Å². The Labute approximate surface area is 172 Å². The Bertz CT molecular complexity index is 732. The fraction of sp³-hybridized carbons (Fsp3) is 0.455. The van der Waals surface area contributed by atoms with E-state index < -0.39 is 0 Å². The number of aromatic nitrogens is 1. The fourth-order valence-corrected chi connectivity index (χ4v) is 4.10. The molecule has 0 saturated carbocycles. The van der Waals surface area contributed by atoms with Crippen molar-refractivity contribution >= 4 is 23.5 Å². The van der Waals surface area contributed by atoms with Gasteiger partial charge in [-0.05, 0) is 74.6 Å². The molecule has 150 valence electrons. The maximum absolute atomic E-state index is 12.1. The quantitative estimate of drug-likeness (QED) is 0.503. The van der Waals surface area contributed by atoms with E-state index in [2.05, 4.69) is 33.5 Å². The van der Waals surface area contributed by atoms with Crippen LogP contribution in [0.3, 0.4) is 0 Å². The number of rotatable bonds is 8. The highest BCUT2D eigenvalue weighted by Crippen LogP contribution is 2.22.